The van der Waals surface area contributed by atoms with E-state index in [1.165, 1.54) is 6.07 Å². The van der Waals surface area contributed by atoms with Crippen LogP contribution in [0.4, 0.5) is 0 Å². The van der Waals surface area contributed by atoms with Crippen molar-refractivity contribution in [1.82, 2.24) is 4.31 Å². The van der Waals surface area contributed by atoms with Gasteiger partial charge in [0.25, 0.3) is 0 Å². The number of furan rings is 1. The third-order valence-electron chi connectivity index (χ3n) is 2.85. The van der Waals surface area contributed by atoms with Gasteiger partial charge in [0.15, 0.2) is 0 Å². The highest BCUT2D eigenvalue weighted by molar-refractivity contribution is 7.99. The summed E-state index contributed by atoms with van der Waals surface area (Å²) in [5, 5.41) is 0. The molecular weight excluding hydrogens is 294 g/mol. The molecule has 0 bridgehead atoms. The van der Waals surface area contributed by atoms with Gasteiger partial charge in [0.1, 0.15) is 16.4 Å². The van der Waals surface area contributed by atoms with Crippen molar-refractivity contribution in [2.24, 2.45) is 0 Å². The Labute approximate surface area is 117 Å². The molecule has 18 heavy (non-hydrogen) atoms. The fraction of sp³-hybridized carbons (Fsp3) is 0.636. The van der Waals surface area contributed by atoms with Gasteiger partial charge in [-0.3, -0.25) is 0 Å². The fourth-order valence-electron chi connectivity index (χ4n) is 1.95. The van der Waals surface area contributed by atoms with Crippen molar-refractivity contribution in [2.45, 2.75) is 24.1 Å². The second-order valence-corrected chi connectivity index (χ2v) is 7.54. The van der Waals surface area contributed by atoms with Crippen LogP contribution < -0.4 is 0 Å². The van der Waals surface area contributed by atoms with Gasteiger partial charge < -0.3 is 4.42 Å². The summed E-state index contributed by atoms with van der Waals surface area (Å²) in [5.41, 5.74) is 0. The second-order valence-electron chi connectivity index (χ2n) is 4.14. The Bertz CT molecular complexity index is 504. The maximum Gasteiger partial charge on any atom is 0.246 e. The molecule has 2 heterocycles. The molecule has 0 saturated carbocycles. The van der Waals surface area contributed by atoms with E-state index in [9.17, 15) is 8.42 Å². The van der Waals surface area contributed by atoms with Gasteiger partial charge >= 0.3 is 0 Å². The molecule has 0 amide bonds. The zero-order valence-corrected chi connectivity index (χ0v) is 12.6. The minimum Gasteiger partial charge on any atom is -0.464 e. The number of sulfonamides is 1. The van der Waals surface area contributed by atoms with Crippen LogP contribution >= 0.6 is 23.4 Å². The molecule has 0 atom stereocenters. The molecule has 0 spiro atoms. The molecule has 1 aliphatic heterocycles. The first-order chi connectivity index (χ1) is 8.55. The summed E-state index contributed by atoms with van der Waals surface area (Å²) < 4.78 is 31.9. The largest absolute Gasteiger partial charge is 0.464 e. The smallest absolute Gasteiger partial charge is 0.246 e. The third-order valence-corrected chi connectivity index (χ3v) is 6.17. The van der Waals surface area contributed by atoms with E-state index in [0.29, 0.717) is 24.6 Å². The highest BCUT2D eigenvalue weighted by atomic mass is 35.5. The van der Waals surface area contributed by atoms with E-state index in [2.05, 4.69) is 0 Å². The Morgan fingerprint density at radius 3 is 2.89 bits per heavy atom. The Morgan fingerprint density at radius 1 is 1.44 bits per heavy atom. The summed E-state index contributed by atoms with van der Waals surface area (Å²) in [6.45, 7) is 2.81. The zero-order chi connectivity index (χ0) is 13.2. The minimum absolute atomic E-state index is 0.187. The topological polar surface area (TPSA) is 50.5 Å². The van der Waals surface area contributed by atoms with Crippen molar-refractivity contribution in [3.05, 3.63) is 17.6 Å². The van der Waals surface area contributed by atoms with E-state index in [4.69, 9.17) is 16.0 Å². The van der Waals surface area contributed by atoms with Gasteiger partial charge in [-0.2, -0.15) is 16.1 Å². The van der Waals surface area contributed by atoms with E-state index in [1.807, 2.05) is 0 Å². The van der Waals surface area contributed by atoms with E-state index in [1.54, 1.807) is 23.0 Å². The van der Waals surface area contributed by atoms with Gasteiger partial charge in [0, 0.05) is 24.9 Å². The van der Waals surface area contributed by atoms with Crippen LogP contribution in [0.3, 0.4) is 0 Å². The number of aryl methyl sites for hydroxylation is 1. The molecule has 7 heteroatoms. The average molecular weight is 310 g/mol. The molecule has 1 aromatic heterocycles. The van der Waals surface area contributed by atoms with Crippen molar-refractivity contribution in [2.75, 3.05) is 24.6 Å². The zero-order valence-electron chi connectivity index (χ0n) is 10.2. The summed E-state index contributed by atoms with van der Waals surface area (Å²) in [6.07, 6.45) is 0.892. The first kappa shape index (κ1) is 14.2. The summed E-state index contributed by atoms with van der Waals surface area (Å²) in [5.74, 6) is 2.97. The lowest BCUT2D eigenvalue weighted by Crippen LogP contribution is -2.33. The predicted octanol–water partition coefficient (Wildman–Crippen LogP) is 2.45. The van der Waals surface area contributed by atoms with Gasteiger partial charge in [0.2, 0.25) is 10.0 Å². The van der Waals surface area contributed by atoms with Crippen LogP contribution in [-0.4, -0.2) is 37.3 Å². The van der Waals surface area contributed by atoms with Crippen LogP contribution in [0.5, 0.6) is 0 Å². The van der Waals surface area contributed by atoms with Crippen LogP contribution in [0.1, 0.15) is 17.9 Å². The standard InChI is InChI=1S/C11H16ClNO3S2/c1-9-11(7-10(8-12)16-9)18(14,15)13-3-2-5-17-6-4-13/h7H,2-6,8H2,1H3. The first-order valence-electron chi connectivity index (χ1n) is 5.79. The van der Waals surface area contributed by atoms with Crippen molar-refractivity contribution in [1.29, 1.82) is 0 Å². The van der Waals surface area contributed by atoms with Gasteiger partial charge in [-0.25, -0.2) is 8.42 Å². The number of alkyl halides is 1. The molecule has 2 rings (SSSR count). The molecule has 102 valence electrons. The van der Waals surface area contributed by atoms with E-state index in [0.717, 1.165) is 17.9 Å². The lowest BCUT2D eigenvalue weighted by molar-refractivity contribution is 0.431. The summed E-state index contributed by atoms with van der Waals surface area (Å²) in [6, 6.07) is 1.54. The lowest BCUT2D eigenvalue weighted by Gasteiger charge is -2.18. The number of nitrogens with zero attached hydrogens (tertiary/aromatic N) is 1. The number of hydrogen-bond acceptors (Lipinski definition) is 4. The summed E-state index contributed by atoms with van der Waals surface area (Å²) in [7, 11) is -3.44. The molecule has 1 saturated heterocycles. The van der Waals surface area contributed by atoms with Crippen molar-refractivity contribution < 1.29 is 12.8 Å². The van der Waals surface area contributed by atoms with Crippen LogP contribution in [0.15, 0.2) is 15.4 Å². The molecule has 1 fully saturated rings. The summed E-state index contributed by atoms with van der Waals surface area (Å²) >= 11 is 7.46. The molecule has 1 aliphatic rings. The highest BCUT2D eigenvalue weighted by Gasteiger charge is 2.29. The van der Waals surface area contributed by atoms with Gasteiger partial charge in [-0.05, 0) is 19.1 Å². The molecule has 0 N–H and O–H groups in total. The average Bonchev–Trinajstić information content (AvgIpc) is 2.55. The van der Waals surface area contributed by atoms with Gasteiger partial charge in [-0.15, -0.1) is 11.6 Å². The van der Waals surface area contributed by atoms with Crippen LogP contribution in [-0.2, 0) is 15.9 Å². The molecule has 0 radical (unpaired) electrons. The van der Waals surface area contributed by atoms with Crippen molar-refractivity contribution in [3.63, 3.8) is 0 Å². The van der Waals surface area contributed by atoms with E-state index < -0.39 is 10.0 Å². The minimum atomic E-state index is -3.44. The fourth-order valence-corrected chi connectivity index (χ4v) is 4.75. The van der Waals surface area contributed by atoms with E-state index >= 15 is 0 Å². The van der Waals surface area contributed by atoms with Crippen molar-refractivity contribution >= 4 is 33.4 Å². The number of thioether (sulfide) groups is 1. The molecule has 4 nitrogen and oxygen atoms in total. The number of rotatable bonds is 3. The van der Waals surface area contributed by atoms with E-state index in [-0.39, 0.29) is 10.8 Å². The first-order valence-corrected chi connectivity index (χ1v) is 8.92. The maximum atomic E-state index is 12.5. The monoisotopic (exact) mass is 309 g/mol. The molecule has 0 aromatic carbocycles. The third kappa shape index (κ3) is 2.87. The number of halogens is 1. The van der Waals surface area contributed by atoms with Gasteiger partial charge in [0.05, 0.1) is 5.88 Å². The molecular formula is C11H16ClNO3S2. The second kappa shape index (κ2) is 5.86. The molecule has 1 aromatic rings. The van der Waals surface area contributed by atoms with Crippen LogP contribution in [0.25, 0.3) is 0 Å². The normalized spacial score (nSPS) is 18.8. The van der Waals surface area contributed by atoms with Gasteiger partial charge in [-0.1, -0.05) is 0 Å². The summed E-state index contributed by atoms with van der Waals surface area (Å²) in [4.78, 5) is 0.255. The Morgan fingerprint density at radius 2 is 2.22 bits per heavy atom. The quantitative estimate of drug-likeness (QED) is 0.805. The lowest BCUT2D eigenvalue weighted by atomic mass is 10.4. The Hall–Kier alpha value is -0.170. The molecule has 0 aliphatic carbocycles. The Balaban J connectivity index is 2.31. The van der Waals surface area contributed by atoms with Crippen molar-refractivity contribution in [3.8, 4) is 0 Å². The Kier molecular flexibility index (Phi) is 4.64. The highest BCUT2D eigenvalue weighted by Crippen LogP contribution is 2.26. The molecule has 0 unspecified atom stereocenters. The number of hydrogen-bond donors (Lipinski definition) is 0. The van der Waals surface area contributed by atoms with Crippen LogP contribution in [0.2, 0.25) is 0 Å². The SMILES string of the molecule is Cc1oc(CCl)cc1S(=O)(=O)N1CCCSCC1. The predicted molar refractivity (Wildman–Crippen MR) is 73.7 cm³/mol. The van der Waals surface area contributed by atoms with Crippen LogP contribution in [0, 0.1) is 6.92 Å². The maximum absolute atomic E-state index is 12.5.